The quantitative estimate of drug-likeness (QED) is 0.886. The summed E-state index contributed by atoms with van der Waals surface area (Å²) in [5.74, 6) is 0.669. The molecule has 2 rings (SSSR count). The third-order valence-corrected chi connectivity index (χ3v) is 3.82. The van der Waals surface area contributed by atoms with Crippen molar-refractivity contribution >= 4 is 0 Å². The highest BCUT2D eigenvalue weighted by molar-refractivity contribution is 5.31. The summed E-state index contributed by atoms with van der Waals surface area (Å²) in [6, 6.07) is 9.11. The van der Waals surface area contributed by atoms with E-state index in [-0.39, 0.29) is 6.04 Å². The lowest BCUT2D eigenvalue weighted by atomic mass is 9.95. The topological polar surface area (TPSA) is 38.5 Å². The molecule has 0 saturated carbocycles. The molecule has 3 nitrogen and oxygen atoms in total. The van der Waals surface area contributed by atoms with Gasteiger partial charge in [0.25, 0.3) is 0 Å². The zero-order valence-corrected chi connectivity index (χ0v) is 12.3. The third kappa shape index (κ3) is 3.35. The predicted molar refractivity (Wildman–Crippen MR) is 78.9 cm³/mol. The van der Waals surface area contributed by atoms with Gasteiger partial charge in [-0.15, -0.1) is 0 Å². The fourth-order valence-electron chi connectivity index (χ4n) is 3.09. The first kappa shape index (κ1) is 14.5. The van der Waals surface area contributed by atoms with Crippen molar-refractivity contribution in [3.63, 3.8) is 0 Å². The number of nitrogens with zero attached hydrogens (tertiary/aromatic N) is 1. The van der Waals surface area contributed by atoms with E-state index >= 15 is 0 Å². The Morgan fingerprint density at radius 3 is 2.79 bits per heavy atom. The average Bonchev–Trinajstić information content (AvgIpc) is 2.71. The molecule has 1 aromatic carbocycles. The molecule has 0 amide bonds. The van der Waals surface area contributed by atoms with Crippen molar-refractivity contribution < 1.29 is 4.74 Å². The fourth-order valence-corrected chi connectivity index (χ4v) is 3.09. The van der Waals surface area contributed by atoms with E-state index in [9.17, 15) is 0 Å². The summed E-state index contributed by atoms with van der Waals surface area (Å²) in [6.07, 6.45) is 1.08. The van der Waals surface area contributed by atoms with Crippen LogP contribution >= 0.6 is 0 Å². The first-order chi connectivity index (χ1) is 9.13. The lowest BCUT2D eigenvalue weighted by Crippen LogP contribution is -2.34. The molecule has 1 saturated heterocycles. The maximum Gasteiger partial charge on any atom is 0.0716 e. The van der Waals surface area contributed by atoms with E-state index in [0.29, 0.717) is 18.6 Å². The van der Waals surface area contributed by atoms with Crippen molar-refractivity contribution in [2.45, 2.75) is 39.0 Å². The Morgan fingerprint density at radius 2 is 2.11 bits per heavy atom. The highest BCUT2D eigenvalue weighted by atomic mass is 16.5. The monoisotopic (exact) mass is 262 g/mol. The smallest absolute Gasteiger partial charge is 0.0716 e. The van der Waals surface area contributed by atoms with Crippen LogP contribution in [-0.2, 0) is 11.3 Å². The molecule has 0 spiro atoms. The normalized spacial score (nSPS) is 24.3. The molecule has 0 bridgehead atoms. The van der Waals surface area contributed by atoms with Crippen molar-refractivity contribution in [3.05, 3.63) is 35.4 Å². The van der Waals surface area contributed by atoms with Gasteiger partial charge in [-0.05, 0) is 23.5 Å². The van der Waals surface area contributed by atoms with Gasteiger partial charge in [0.2, 0.25) is 0 Å². The standard InChI is InChI=1S/C16H26N2O/c1-12(2)10-18-9-8-15(17)16(18)14-7-5-4-6-13(14)11-19-3/h4-7,12,15-16H,8-11,17H2,1-3H3. The van der Waals surface area contributed by atoms with Gasteiger partial charge in [0.1, 0.15) is 0 Å². The lowest BCUT2D eigenvalue weighted by Gasteiger charge is -2.30. The molecule has 1 aromatic rings. The van der Waals surface area contributed by atoms with E-state index in [2.05, 4.69) is 43.0 Å². The van der Waals surface area contributed by atoms with E-state index in [1.807, 2.05) is 0 Å². The van der Waals surface area contributed by atoms with Crippen LogP contribution in [0.25, 0.3) is 0 Å². The molecule has 3 heteroatoms. The molecule has 2 unspecified atom stereocenters. The minimum Gasteiger partial charge on any atom is -0.380 e. The molecular weight excluding hydrogens is 236 g/mol. The van der Waals surface area contributed by atoms with E-state index in [4.69, 9.17) is 10.5 Å². The molecule has 1 heterocycles. The number of hydrogen-bond acceptors (Lipinski definition) is 3. The highest BCUT2D eigenvalue weighted by Gasteiger charge is 2.34. The first-order valence-corrected chi connectivity index (χ1v) is 7.20. The van der Waals surface area contributed by atoms with Crippen molar-refractivity contribution in [1.82, 2.24) is 4.90 Å². The first-order valence-electron chi connectivity index (χ1n) is 7.20. The van der Waals surface area contributed by atoms with E-state index in [0.717, 1.165) is 19.5 Å². The summed E-state index contributed by atoms with van der Waals surface area (Å²) in [5, 5.41) is 0. The summed E-state index contributed by atoms with van der Waals surface area (Å²) in [4.78, 5) is 2.53. The number of methoxy groups -OCH3 is 1. The Balaban J connectivity index is 2.26. The average molecular weight is 262 g/mol. The minimum atomic E-state index is 0.233. The van der Waals surface area contributed by atoms with Crippen LogP contribution in [0.4, 0.5) is 0 Å². The Labute approximate surface area is 116 Å². The zero-order chi connectivity index (χ0) is 13.8. The molecule has 1 aliphatic heterocycles. The van der Waals surface area contributed by atoms with E-state index in [1.165, 1.54) is 11.1 Å². The molecule has 106 valence electrons. The second-order valence-electron chi connectivity index (χ2n) is 5.92. The Kier molecular flexibility index (Phi) is 4.97. The summed E-state index contributed by atoms with van der Waals surface area (Å²) >= 11 is 0. The van der Waals surface area contributed by atoms with Crippen LogP contribution in [0.15, 0.2) is 24.3 Å². The van der Waals surface area contributed by atoms with E-state index < -0.39 is 0 Å². The Hall–Kier alpha value is -0.900. The number of rotatable bonds is 5. The second kappa shape index (κ2) is 6.51. The number of ether oxygens (including phenoxy) is 1. The van der Waals surface area contributed by atoms with Gasteiger partial charge in [0, 0.05) is 26.2 Å². The molecule has 0 radical (unpaired) electrons. The zero-order valence-electron chi connectivity index (χ0n) is 12.3. The second-order valence-corrected chi connectivity index (χ2v) is 5.92. The molecule has 19 heavy (non-hydrogen) atoms. The minimum absolute atomic E-state index is 0.233. The SMILES string of the molecule is COCc1ccccc1C1C(N)CCN1CC(C)C. The molecule has 1 fully saturated rings. The molecular formula is C16H26N2O. The van der Waals surface area contributed by atoms with Crippen LogP contribution in [0.1, 0.15) is 37.4 Å². The maximum absolute atomic E-state index is 6.36. The summed E-state index contributed by atoms with van der Waals surface area (Å²) < 4.78 is 5.32. The molecule has 0 aliphatic carbocycles. The highest BCUT2D eigenvalue weighted by Crippen LogP contribution is 2.33. The lowest BCUT2D eigenvalue weighted by molar-refractivity contribution is 0.178. The summed E-state index contributed by atoms with van der Waals surface area (Å²) in [7, 11) is 1.75. The van der Waals surface area contributed by atoms with Crippen LogP contribution < -0.4 is 5.73 Å². The molecule has 2 atom stereocenters. The summed E-state index contributed by atoms with van der Waals surface area (Å²) in [6.45, 7) is 7.41. The van der Waals surface area contributed by atoms with Crippen LogP contribution in [0.5, 0.6) is 0 Å². The Morgan fingerprint density at radius 1 is 1.37 bits per heavy atom. The van der Waals surface area contributed by atoms with Crippen molar-refractivity contribution in [2.24, 2.45) is 11.7 Å². The van der Waals surface area contributed by atoms with Gasteiger partial charge in [-0.3, -0.25) is 4.90 Å². The van der Waals surface area contributed by atoms with Gasteiger partial charge >= 0.3 is 0 Å². The van der Waals surface area contributed by atoms with Crippen LogP contribution in [0.3, 0.4) is 0 Å². The largest absolute Gasteiger partial charge is 0.380 e. The van der Waals surface area contributed by atoms with Gasteiger partial charge in [-0.25, -0.2) is 0 Å². The van der Waals surface area contributed by atoms with Gasteiger partial charge in [0.05, 0.1) is 12.6 Å². The fraction of sp³-hybridized carbons (Fsp3) is 0.625. The van der Waals surface area contributed by atoms with Gasteiger partial charge in [0.15, 0.2) is 0 Å². The number of likely N-dealkylation sites (tertiary alicyclic amines) is 1. The predicted octanol–water partition coefficient (Wildman–Crippen LogP) is 2.56. The number of hydrogen-bond donors (Lipinski definition) is 1. The Bertz CT molecular complexity index is 405. The van der Waals surface area contributed by atoms with Crippen molar-refractivity contribution in [3.8, 4) is 0 Å². The summed E-state index contributed by atoms with van der Waals surface area (Å²) in [5.41, 5.74) is 8.97. The van der Waals surface area contributed by atoms with Gasteiger partial charge < -0.3 is 10.5 Å². The van der Waals surface area contributed by atoms with Gasteiger partial charge in [-0.1, -0.05) is 38.1 Å². The van der Waals surface area contributed by atoms with Crippen LogP contribution in [-0.4, -0.2) is 31.1 Å². The number of benzene rings is 1. The van der Waals surface area contributed by atoms with Crippen molar-refractivity contribution in [1.29, 1.82) is 0 Å². The third-order valence-electron chi connectivity index (χ3n) is 3.82. The number of nitrogens with two attached hydrogens (primary N) is 1. The van der Waals surface area contributed by atoms with Crippen molar-refractivity contribution in [2.75, 3.05) is 20.2 Å². The van der Waals surface area contributed by atoms with E-state index in [1.54, 1.807) is 7.11 Å². The van der Waals surface area contributed by atoms with Crippen LogP contribution in [0, 0.1) is 5.92 Å². The molecule has 0 aromatic heterocycles. The molecule has 1 aliphatic rings. The van der Waals surface area contributed by atoms with Crippen LogP contribution in [0.2, 0.25) is 0 Å². The molecule has 2 N–H and O–H groups in total. The maximum atomic E-state index is 6.36. The van der Waals surface area contributed by atoms with Gasteiger partial charge in [-0.2, -0.15) is 0 Å².